The summed E-state index contributed by atoms with van der Waals surface area (Å²) in [6, 6.07) is 3.58. The number of halogens is 2. The van der Waals surface area contributed by atoms with Gasteiger partial charge in [0.1, 0.15) is 5.60 Å². The quantitative estimate of drug-likeness (QED) is 0.854. The summed E-state index contributed by atoms with van der Waals surface area (Å²) in [5, 5.41) is 11.2. The number of aromatic nitrogens is 1. The minimum Gasteiger partial charge on any atom is -0.481 e. The molecule has 0 saturated heterocycles. The summed E-state index contributed by atoms with van der Waals surface area (Å²) in [5.41, 5.74) is 1.64. The lowest BCUT2D eigenvalue weighted by molar-refractivity contribution is -0.150. The highest BCUT2D eigenvalue weighted by molar-refractivity contribution is 6.45. The Kier molecular flexibility index (Phi) is 4.56. The van der Waals surface area contributed by atoms with Gasteiger partial charge in [-0.1, -0.05) is 23.2 Å². The van der Waals surface area contributed by atoms with Gasteiger partial charge >= 0.3 is 5.97 Å². The number of aliphatic carboxylic acids is 1. The lowest BCUT2D eigenvalue weighted by atomic mass is 9.86. The number of rotatable bonds is 5. The number of ether oxygens (including phenoxy) is 2. The number of hydrogen-bond acceptors (Lipinski definition) is 3. The molecule has 23 heavy (non-hydrogen) atoms. The van der Waals surface area contributed by atoms with E-state index in [-0.39, 0.29) is 6.42 Å². The second-order valence-corrected chi connectivity index (χ2v) is 6.45. The summed E-state index contributed by atoms with van der Waals surface area (Å²) in [5.74, 6) is -0.920. The predicted molar refractivity (Wildman–Crippen MR) is 88.4 cm³/mol. The van der Waals surface area contributed by atoms with Crippen molar-refractivity contribution in [3.63, 3.8) is 0 Å². The molecule has 1 aromatic carbocycles. The van der Waals surface area contributed by atoms with E-state index in [9.17, 15) is 9.90 Å². The molecule has 2 aromatic rings. The Bertz CT molecular complexity index is 758. The molecule has 0 aliphatic carbocycles. The Hall–Kier alpha value is -1.27. The first-order valence-electron chi connectivity index (χ1n) is 7.32. The molecule has 1 aliphatic heterocycles. The highest BCUT2D eigenvalue weighted by Gasteiger charge is 2.42. The lowest BCUT2D eigenvalue weighted by Gasteiger charge is -2.36. The molecule has 1 unspecified atom stereocenters. The van der Waals surface area contributed by atoms with Crippen molar-refractivity contribution in [2.24, 2.45) is 0 Å². The Morgan fingerprint density at radius 3 is 2.96 bits per heavy atom. The van der Waals surface area contributed by atoms with Crippen molar-refractivity contribution in [2.75, 3.05) is 20.3 Å². The molecule has 0 bridgehead atoms. The summed E-state index contributed by atoms with van der Waals surface area (Å²) >= 11 is 12.5. The van der Waals surface area contributed by atoms with Gasteiger partial charge in [0.05, 0.1) is 28.8 Å². The third-order valence-corrected chi connectivity index (χ3v) is 5.10. The molecule has 2 N–H and O–H groups in total. The number of aromatic amines is 1. The predicted octanol–water partition coefficient (Wildman–Crippen LogP) is 3.75. The highest BCUT2D eigenvalue weighted by atomic mass is 35.5. The summed E-state index contributed by atoms with van der Waals surface area (Å²) in [7, 11) is 1.58. The van der Waals surface area contributed by atoms with Crippen LogP contribution in [-0.4, -0.2) is 36.4 Å². The Balaban J connectivity index is 2.20. The number of nitrogens with one attached hydrogen (secondary N) is 1. The van der Waals surface area contributed by atoms with Crippen molar-refractivity contribution in [3.05, 3.63) is 33.4 Å². The number of benzene rings is 1. The number of hydrogen-bond donors (Lipinski definition) is 2. The monoisotopic (exact) mass is 357 g/mol. The van der Waals surface area contributed by atoms with Crippen molar-refractivity contribution in [3.8, 4) is 0 Å². The van der Waals surface area contributed by atoms with Crippen LogP contribution in [0.15, 0.2) is 12.1 Å². The molecule has 1 aliphatic rings. The fraction of sp³-hybridized carbons (Fsp3) is 0.438. The van der Waals surface area contributed by atoms with E-state index in [1.807, 2.05) is 6.07 Å². The molecule has 5 nitrogen and oxygen atoms in total. The van der Waals surface area contributed by atoms with Crippen LogP contribution in [0.2, 0.25) is 10.0 Å². The number of carbonyl (C=O) groups is 1. The highest BCUT2D eigenvalue weighted by Crippen LogP contribution is 2.44. The van der Waals surface area contributed by atoms with Gasteiger partial charge in [-0.05, 0) is 24.1 Å². The lowest BCUT2D eigenvalue weighted by Crippen LogP contribution is -2.39. The fourth-order valence-corrected chi connectivity index (χ4v) is 3.72. The molecule has 0 radical (unpaired) electrons. The number of carboxylic acid groups (broad SMARTS) is 1. The summed E-state index contributed by atoms with van der Waals surface area (Å²) in [6.45, 7) is 0.830. The maximum atomic E-state index is 11.4. The topological polar surface area (TPSA) is 71.6 Å². The number of carboxylic acids is 1. The summed E-state index contributed by atoms with van der Waals surface area (Å²) < 4.78 is 11.1. The average Bonchev–Trinajstić information content (AvgIpc) is 2.89. The second kappa shape index (κ2) is 6.32. The van der Waals surface area contributed by atoms with E-state index < -0.39 is 11.6 Å². The maximum absolute atomic E-state index is 11.4. The zero-order valence-electron chi connectivity index (χ0n) is 12.6. The zero-order valence-corrected chi connectivity index (χ0v) is 14.1. The van der Waals surface area contributed by atoms with Gasteiger partial charge in [-0.2, -0.15) is 0 Å². The second-order valence-electron chi connectivity index (χ2n) is 5.67. The van der Waals surface area contributed by atoms with E-state index in [4.69, 9.17) is 32.7 Å². The molecule has 0 spiro atoms. The van der Waals surface area contributed by atoms with E-state index in [1.54, 1.807) is 13.2 Å². The van der Waals surface area contributed by atoms with Crippen LogP contribution in [0.3, 0.4) is 0 Å². The van der Waals surface area contributed by atoms with Gasteiger partial charge < -0.3 is 19.6 Å². The maximum Gasteiger partial charge on any atom is 0.306 e. The van der Waals surface area contributed by atoms with Crippen LogP contribution in [-0.2, 0) is 26.3 Å². The van der Waals surface area contributed by atoms with Gasteiger partial charge in [0.15, 0.2) is 0 Å². The minimum atomic E-state index is -0.940. The van der Waals surface area contributed by atoms with Crippen LogP contribution in [0.5, 0.6) is 0 Å². The van der Waals surface area contributed by atoms with Gasteiger partial charge in [0, 0.05) is 31.0 Å². The van der Waals surface area contributed by atoms with Crippen LogP contribution >= 0.6 is 23.2 Å². The van der Waals surface area contributed by atoms with Crippen molar-refractivity contribution in [2.45, 2.75) is 24.9 Å². The van der Waals surface area contributed by atoms with Crippen LogP contribution in [0.4, 0.5) is 0 Å². The number of fused-ring (bicyclic) bond motifs is 3. The van der Waals surface area contributed by atoms with E-state index in [0.717, 1.165) is 22.2 Å². The van der Waals surface area contributed by atoms with Gasteiger partial charge in [0.25, 0.3) is 0 Å². The molecule has 0 fully saturated rings. The van der Waals surface area contributed by atoms with Crippen LogP contribution in [0, 0.1) is 0 Å². The molecule has 124 valence electrons. The fourth-order valence-electron chi connectivity index (χ4n) is 3.28. The van der Waals surface area contributed by atoms with Crippen molar-refractivity contribution in [1.29, 1.82) is 0 Å². The van der Waals surface area contributed by atoms with E-state index in [0.29, 0.717) is 36.1 Å². The zero-order chi connectivity index (χ0) is 16.6. The Morgan fingerprint density at radius 1 is 1.48 bits per heavy atom. The molecule has 7 heteroatoms. The molecule has 1 aromatic heterocycles. The smallest absolute Gasteiger partial charge is 0.306 e. The SMILES string of the molecule is COCCC1(CC(=O)O)OCCc2c1[nH]c1ccc(Cl)c(Cl)c21. The minimum absolute atomic E-state index is 0.137. The van der Waals surface area contributed by atoms with Crippen molar-refractivity contribution >= 4 is 40.1 Å². The molecule has 0 amide bonds. The number of H-pyrrole nitrogens is 1. The van der Waals surface area contributed by atoms with Crippen LogP contribution in [0.1, 0.15) is 24.1 Å². The standard InChI is InChI=1S/C16H17Cl2NO4/c1-22-7-5-16(8-12(20)21)15-9(4-6-23-16)13-11(19-15)3-2-10(17)14(13)18/h2-3,19H,4-8H2,1H3,(H,20,21). The van der Waals surface area contributed by atoms with Gasteiger partial charge in [0.2, 0.25) is 0 Å². The van der Waals surface area contributed by atoms with E-state index >= 15 is 0 Å². The van der Waals surface area contributed by atoms with Gasteiger partial charge in [-0.15, -0.1) is 0 Å². The molecular formula is C16H17Cl2NO4. The van der Waals surface area contributed by atoms with E-state index in [1.165, 1.54) is 0 Å². The molecule has 1 atom stereocenters. The number of methoxy groups -OCH3 is 1. The molecule has 0 saturated carbocycles. The third-order valence-electron chi connectivity index (χ3n) is 4.29. The summed E-state index contributed by atoms with van der Waals surface area (Å²) in [6.07, 6.45) is 0.965. The molecule has 2 heterocycles. The van der Waals surface area contributed by atoms with Crippen LogP contribution in [0.25, 0.3) is 10.9 Å². The van der Waals surface area contributed by atoms with E-state index in [2.05, 4.69) is 4.98 Å². The van der Waals surface area contributed by atoms with Crippen molar-refractivity contribution in [1.82, 2.24) is 4.98 Å². The van der Waals surface area contributed by atoms with Crippen molar-refractivity contribution < 1.29 is 19.4 Å². The third kappa shape index (κ3) is 2.83. The largest absolute Gasteiger partial charge is 0.481 e. The van der Waals surface area contributed by atoms with Gasteiger partial charge in [-0.3, -0.25) is 4.79 Å². The molecular weight excluding hydrogens is 341 g/mol. The first kappa shape index (κ1) is 16.6. The first-order valence-corrected chi connectivity index (χ1v) is 8.08. The van der Waals surface area contributed by atoms with Crippen LogP contribution < -0.4 is 0 Å². The molecule has 3 rings (SSSR count). The Morgan fingerprint density at radius 2 is 2.26 bits per heavy atom. The first-order chi connectivity index (χ1) is 11.0. The van der Waals surface area contributed by atoms with Gasteiger partial charge in [-0.25, -0.2) is 0 Å². The Labute approximate surface area is 143 Å². The summed E-state index contributed by atoms with van der Waals surface area (Å²) in [4.78, 5) is 14.7. The normalized spacial score (nSPS) is 20.7. The average molecular weight is 358 g/mol.